The molecule has 100 valence electrons. The fraction of sp³-hybridized carbons (Fsp3) is 0.467. The summed E-state index contributed by atoms with van der Waals surface area (Å²) in [7, 11) is -2.30. The van der Waals surface area contributed by atoms with Crippen LogP contribution in [0.15, 0.2) is 47.4 Å². The van der Waals surface area contributed by atoms with Gasteiger partial charge in [0.2, 0.25) is 0 Å². The van der Waals surface area contributed by atoms with Crippen LogP contribution in [-0.2, 0) is 0 Å². The Morgan fingerprint density at radius 2 is 1.56 bits per heavy atom. The van der Waals surface area contributed by atoms with Gasteiger partial charge in [-0.1, -0.05) is 63.1 Å². The van der Waals surface area contributed by atoms with Crippen molar-refractivity contribution >= 4 is 26.9 Å². The number of benzene rings is 1. The van der Waals surface area contributed by atoms with Gasteiger partial charge in [-0.2, -0.15) is 0 Å². The molecule has 1 rings (SSSR count). The third-order valence-corrected chi connectivity index (χ3v) is 25.7. The lowest BCUT2D eigenvalue weighted by atomic mass is 10.4. The van der Waals surface area contributed by atoms with Crippen LogP contribution in [0.4, 0.5) is 0 Å². The summed E-state index contributed by atoms with van der Waals surface area (Å²) in [4.78, 5) is 2.09. The van der Waals surface area contributed by atoms with E-state index in [1.54, 1.807) is 0 Å². The maximum absolute atomic E-state index is 2.57. The van der Waals surface area contributed by atoms with Crippen LogP contribution in [0.25, 0.3) is 0 Å². The average Bonchev–Trinajstić information content (AvgIpc) is 2.28. The molecular formula is C15H26SSi2. The highest BCUT2D eigenvalue weighted by Gasteiger charge is 2.42. The number of rotatable bonds is 5. The molecule has 1 aromatic rings. The lowest BCUT2D eigenvalue weighted by Gasteiger charge is -2.40. The molecule has 0 heterocycles. The van der Waals surface area contributed by atoms with Crippen LogP contribution >= 0.6 is 11.8 Å². The van der Waals surface area contributed by atoms with Crippen molar-refractivity contribution in [3.63, 3.8) is 0 Å². The third-order valence-electron chi connectivity index (χ3n) is 4.02. The molecule has 3 heteroatoms. The maximum Gasteiger partial charge on any atom is 0.0608 e. The SMILES string of the molecule is C/C=C/C(Sc1ccccc1)[Si](C)(C)[Si](C)(C)C. The zero-order chi connectivity index (χ0) is 13.8. The maximum atomic E-state index is 2.57. The highest BCUT2D eigenvalue weighted by Crippen LogP contribution is 2.35. The Morgan fingerprint density at radius 1 is 1.00 bits per heavy atom. The van der Waals surface area contributed by atoms with E-state index in [2.05, 4.69) is 93.9 Å². The molecule has 0 aromatic heterocycles. The summed E-state index contributed by atoms with van der Waals surface area (Å²) in [5, 5.41) is 0. The Hall–Kier alpha value is -0.256. The molecule has 0 saturated heterocycles. The third kappa shape index (κ3) is 3.87. The standard InChI is InChI=1S/C15H26SSi2/c1-7-11-15(18(5,6)17(2,3)4)16-14-12-9-8-10-13-14/h7-13,15H,1-6H3/b11-7+. The second-order valence-electron chi connectivity index (χ2n) is 6.35. The molecule has 1 aromatic carbocycles. The average molecular weight is 295 g/mol. The number of hydrogen-bond acceptors (Lipinski definition) is 1. The molecular weight excluding hydrogens is 268 g/mol. The van der Waals surface area contributed by atoms with Gasteiger partial charge in [-0.15, -0.1) is 11.8 Å². The van der Waals surface area contributed by atoms with Gasteiger partial charge in [-0.25, -0.2) is 0 Å². The molecule has 0 radical (unpaired) electrons. The Morgan fingerprint density at radius 3 is 2.00 bits per heavy atom. The molecule has 0 aliphatic carbocycles. The van der Waals surface area contributed by atoms with Crippen molar-refractivity contribution in [2.75, 3.05) is 0 Å². The van der Waals surface area contributed by atoms with Crippen LogP contribution in [0.2, 0.25) is 32.7 Å². The summed E-state index contributed by atoms with van der Waals surface area (Å²) in [5.74, 6) is 0. The first kappa shape index (κ1) is 15.8. The van der Waals surface area contributed by atoms with Crippen molar-refractivity contribution < 1.29 is 0 Å². The highest BCUT2D eigenvalue weighted by atomic mass is 32.2. The van der Waals surface area contributed by atoms with Gasteiger partial charge in [0.1, 0.15) is 0 Å². The lowest BCUT2D eigenvalue weighted by Crippen LogP contribution is -2.59. The van der Waals surface area contributed by atoms with E-state index < -0.39 is 15.2 Å². The largest absolute Gasteiger partial charge is 0.122 e. The topological polar surface area (TPSA) is 0 Å². The summed E-state index contributed by atoms with van der Waals surface area (Å²) in [6, 6.07) is 10.8. The molecule has 0 spiro atoms. The zero-order valence-corrected chi connectivity index (χ0v) is 15.3. The van der Waals surface area contributed by atoms with Crippen molar-refractivity contribution in [1.29, 1.82) is 0 Å². The van der Waals surface area contributed by atoms with Crippen LogP contribution in [0, 0.1) is 0 Å². The second-order valence-corrected chi connectivity index (χ2v) is 24.9. The molecule has 0 saturated carbocycles. The summed E-state index contributed by atoms with van der Waals surface area (Å²) in [6.07, 6.45) is 4.66. The summed E-state index contributed by atoms with van der Waals surface area (Å²) in [5.41, 5.74) is 0. The van der Waals surface area contributed by atoms with Gasteiger partial charge in [-0.3, -0.25) is 0 Å². The van der Waals surface area contributed by atoms with Gasteiger partial charge in [0.05, 0.1) is 7.59 Å². The number of hydrogen-bond donors (Lipinski definition) is 0. The van der Waals surface area contributed by atoms with Gasteiger partial charge in [0.15, 0.2) is 0 Å². The van der Waals surface area contributed by atoms with Gasteiger partial charge in [0.25, 0.3) is 0 Å². The quantitative estimate of drug-likeness (QED) is 0.399. The first-order valence-electron chi connectivity index (χ1n) is 6.63. The van der Waals surface area contributed by atoms with E-state index in [4.69, 9.17) is 0 Å². The molecule has 18 heavy (non-hydrogen) atoms. The summed E-state index contributed by atoms with van der Waals surface area (Å²) in [6.45, 7) is 14.9. The first-order valence-corrected chi connectivity index (χ1v) is 15.1. The number of thioether (sulfide) groups is 1. The first-order chi connectivity index (χ1) is 8.29. The van der Waals surface area contributed by atoms with Crippen molar-refractivity contribution in [2.24, 2.45) is 0 Å². The van der Waals surface area contributed by atoms with E-state index >= 15 is 0 Å². The van der Waals surface area contributed by atoms with E-state index in [-0.39, 0.29) is 0 Å². The normalized spacial score (nSPS) is 15.0. The van der Waals surface area contributed by atoms with E-state index in [1.807, 2.05) is 0 Å². The Balaban J connectivity index is 2.97. The molecule has 0 N–H and O–H groups in total. The Bertz CT molecular complexity index is 391. The van der Waals surface area contributed by atoms with Crippen molar-refractivity contribution in [2.45, 2.75) is 49.4 Å². The van der Waals surface area contributed by atoms with Gasteiger partial charge in [-0.05, 0) is 19.1 Å². The predicted molar refractivity (Wildman–Crippen MR) is 91.7 cm³/mol. The van der Waals surface area contributed by atoms with Gasteiger partial charge < -0.3 is 0 Å². The van der Waals surface area contributed by atoms with Crippen LogP contribution in [0.3, 0.4) is 0 Å². The van der Waals surface area contributed by atoms with Crippen LogP contribution in [0.5, 0.6) is 0 Å². The van der Waals surface area contributed by atoms with E-state index in [1.165, 1.54) is 4.90 Å². The van der Waals surface area contributed by atoms with Gasteiger partial charge in [0, 0.05) is 17.4 Å². The van der Waals surface area contributed by atoms with Crippen LogP contribution in [0.1, 0.15) is 6.92 Å². The Labute approximate surface area is 119 Å². The molecule has 0 bridgehead atoms. The molecule has 1 unspecified atom stereocenters. The lowest BCUT2D eigenvalue weighted by molar-refractivity contribution is 1.40. The zero-order valence-electron chi connectivity index (χ0n) is 12.5. The molecule has 0 fully saturated rings. The molecule has 0 aliphatic rings. The van der Waals surface area contributed by atoms with Crippen molar-refractivity contribution in [1.82, 2.24) is 0 Å². The number of allylic oxidation sites excluding steroid dienone is 1. The second kappa shape index (κ2) is 6.26. The summed E-state index contributed by atoms with van der Waals surface area (Å²) < 4.78 is 0. The fourth-order valence-electron chi connectivity index (χ4n) is 1.67. The van der Waals surface area contributed by atoms with E-state index in [0.717, 1.165) is 0 Å². The van der Waals surface area contributed by atoms with E-state index in [9.17, 15) is 0 Å². The fourth-order valence-corrected chi connectivity index (χ4v) is 12.2. The monoisotopic (exact) mass is 294 g/mol. The minimum Gasteiger partial charge on any atom is -0.122 e. The molecule has 0 aliphatic heterocycles. The molecule has 0 nitrogen and oxygen atoms in total. The Kier molecular flexibility index (Phi) is 5.50. The molecule has 1 atom stereocenters. The highest BCUT2D eigenvalue weighted by molar-refractivity contribution is 8.02. The predicted octanol–water partition coefficient (Wildman–Crippen LogP) is 5.39. The minimum atomic E-state index is -1.22. The van der Waals surface area contributed by atoms with Crippen molar-refractivity contribution in [3.8, 4) is 0 Å². The molecule has 0 amide bonds. The van der Waals surface area contributed by atoms with Crippen LogP contribution < -0.4 is 0 Å². The van der Waals surface area contributed by atoms with Crippen molar-refractivity contribution in [3.05, 3.63) is 42.5 Å². The van der Waals surface area contributed by atoms with E-state index in [0.29, 0.717) is 4.87 Å². The smallest absolute Gasteiger partial charge is 0.0608 e. The summed E-state index contributed by atoms with van der Waals surface area (Å²) >= 11 is 2.06. The van der Waals surface area contributed by atoms with Crippen LogP contribution in [-0.4, -0.2) is 20.1 Å². The van der Waals surface area contributed by atoms with Gasteiger partial charge >= 0.3 is 0 Å². The minimum absolute atomic E-state index is 0.691.